The van der Waals surface area contributed by atoms with Gasteiger partial charge in [-0.2, -0.15) is 0 Å². The minimum absolute atomic E-state index is 0.420. The van der Waals surface area contributed by atoms with E-state index in [9.17, 15) is 5.11 Å². The van der Waals surface area contributed by atoms with E-state index in [2.05, 4.69) is 27.7 Å². The van der Waals surface area contributed by atoms with Gasteiger partial charge in [-0.1, -0.05) is 72.6 Å². The number of hydrogen-bond acceptors (Lipinski definition) is 0. The van der Waals surface area contributed by atoms with Crippen molar-refractivity contribution in [2.24, 2.45) is 5.92 Å². The van der Waals surface area contributed by atoms with Crippen LogP contribution in [0.2, 0.25) is 0 Å². The van der Waals surface area contributed by atoms with Gasteiger partial charge in [0, 0.05) is 0 Å². The zero-order valence-corrected chi connectivity index (χ0v) is 13.3. The molecular weight excluding hydrogens is 220 g/mol. The Morgan fingerprint density at radius 2 is 1.22 bits per heavy atom. The summed E-state index contributed by atoms with van der Waals surface area (Å²) in [6.07, 6.45) is 12.4. The molecule has 1 heteroatoms. The van der Waals surface area contributed by atoms with Crippen molar-refractivity contribution in [3.05, 3.63) is 0 Å². The molecular formula is C17H35O. The van der Waals surface area contributed by atoms with Crippen molar-refractivity contribution in [2.75, 3.05) is 0 Å². The highest BCUT2D eigenvalue weighted by molar-refractivity contribution is 4.85. The molecule has 0 N–H and O–H groups in total. The summed E-state index contributed by atoms with van der Waals surface area (Å²) in [7, 11) is 0. The fourth-order valence-electron chi connectivity index (χ4n) is 3.14. The fraction of sp³-hybridized carbons (Fsp3) is 1.00. The van der Waals surface area contributed by atoms with Crippen molar-refractivity contribution >= 4 is 0 Å². The lowest BCUT2D eigenvalue weighted by atomic mass is 9.75. The number of hydrogen-bond donors (Lipinski definition) is 0. The highest BCUT2D eigenvalue weighted by Crippen LogP contribution is 2.36. The lowest BCUT2D eigenvalue weighted by Crippen LogP contribution is -2.36. The summed E-state index contributed by atoms with van der Waals surface area (Å²) in [5.74, 6) is 0.420. The maximum Gasteiger partial charge on any atom is 0.106 e. The largest absolute Gasteiger partial charge is 0.229 e. The average molecular weight is 255 g/mol. The topological polar surface area (TPSA) is 19.9 Å². The van der Waals surface area contributed by atoms with Crippen LogP contribution in [0, 0.1) is 5.92 Å². The van der Waals surface area contributed by atoms with Crippen molar-refractivity contribution in [3.8, 4) is 0 Å². The first-order chi connectivity index (χ1) is 8.64. The minimum atomic E-state index is -0.633. The molecule has 109 valence electrons. The van der Waals surface area contributed by atoms with Gasteiger partial charge in [0.15, 0.2) is 0 Å². The lowest BCUT2D eigenvalue weighted by molar-refractivity contribution is -0.0977. The van der Waals surface area contributed by atoms with Gasteiger partial charge >= 0.3 is 0 Å². The fourth-order valence-corrected chi connectivity index (χ4v) is 3.14. The van der Waals surface area contributed by atoms with Crippen LogP contribution in [-0.4, -0.2) is 5.60 Å². The summed E-state index contributed by atoms with van der Waals surface area (Å²) in [6.45, 7) is 8.79. The summed E-state index contributed by atoms with van der Waals surface area (Å²) < 4.78 is 0. The van der Waals surface area contributed by atoms with Crippen LogP contribution < -0.4 is 0 Å². The third-order valence-corrected chi connectivity index (χ3v) is 4.15. The summed E-state index contributed by atoms with van der Waals surface area (Å²) >= 11 is 0. The van der Waals surface area contributed by atoms with E-state index in [0.717, 1.165) is 38.5 Å². The zero-order valence-electron chi connectivity index (χ0n) is 13.3. The molecule has 0 aliphatic heterocycles. The second-order valence-electron chi connectivity index (χ2n) is 5.90. The summed E-state index contributed by atoms with van der Waals surface area (Å²) in [4.78, 5) is 0. The molecule has 0 aromatic carbocycles. The van der Waals surface area contributed by atoms with E-state index in [1.165, 1.54) is 32.1 Å². The van der Waals surface area contributed by atoms with Crippen molar-refractivity contribution in [1.82, 2.24) is 0 Å². The van der Waals surface area contributed by atoms with Crippen molar-refractivity contribution in [2.45, 2.75) is 104 Å². The predicted octanol–water partition coefficient (Wildman–Crippen LogP) is 6.14. The van der Waals surface area contributed by atoms with Crippen molar-refractivity contribution in [1.29, 1.82) is 0 Å². The molecule has 1 atom stereocenters. The van der Waals surface area contributed by atoms with Gasteiger partial charge in [0.2, 0.25) is 0 Å². The third-order valence-electron chi connectivity index (χ3n) is 4.15. The smallest absolute Gasteiger partial charge is 0.106 e. The molecule has 0 amide bonds. The Morgan fingerprint density at radius 1 is 0.722 bits per heavy atom. The second-order valence-corrected chi connectivity index (χ2v) is 5.90. The standard InChI is InChI=1S/C17H35O/c1-5-9-11-13-16(12-10-6-2)17(18,14-7-3)15-8-4/h16H,5-15H2,1-4H3. The minimum Gasteiger partial charge on any atom is -0.229 e. The van der Waals surface area contributed by atoms with E-state index >= 15 is 0 Å². The molecule has 18 heavy (non-hydrogen) atoms. The van der Waals surface area contributed by atoms with Gasteiger partial charge in [-0.15, -0.1) is 0 Å². The third kappa shape index (κ3) is 6.78. The molecule has 1 nitrogen and oxygen atoms in total. The Kier molecular flexibility index (Phi) is 10.8. The summed E-state index contributed by atoms with van der Waals surface area (Å²) in [6, 6.07) is 0. The Bertz CT molecular complexity index is 170. The Hall–Kier alpha value is -0.0400. The molecule has 0 aliphatic carbocycles. The normalized spacial score (nSPS) is 13.8. The number of unbranched alkanes of at least 4 members (excludes halogenated alkanes) is 3. The van der Waals surface area contributed by atoms with Crippen LogP contribution in [-0.2, 0) is 5.11 Å². The molecule has 1 unspecified atom stereocenters. The molecule has 0 fully saturated rings. The average Bonchev–Trinajstić information content (AvgIpc) is 2.34. The van der Waals surface area contributed by atoms with E-state index in [0.29, 0.717) is 5.92 Å². The SMILES string of the molecule is CCCCCC(CCCC)C([O])(CCC)CCC. The van der Waals surface area contributed by atoms with Crippen LogP contribution in [0.5, 0.6) is 0 Å². The first kappa shape index (κ1) is 18.0. The van der Waals surface area contributed by atoms with Crippen molar-refractivity contribution in [3.63, 3.8) is 0 Å². The zero-order chi connectivity index (χ0) is 13.9. The van der Waals surface area contributed by atoms with Gasteiger partial charge in [-0.3, -0.25) is 0 Å². The van der Waals surface area contributed by atoms with Crippen LogP contribution in [0.4, 0.5) is 0 Å². The van der Waals surface area contributed by atoms with Gasteiger partial charge in [-0.05, 0) is 31.6 Å². The van der Waals surface area contributed by atoms with Gasteiger partial charge in [-0.25, -0.2) is 5.11 Å². The van der Waals surface area contributed by atoms with Crippen LogP contribution >= 0.6 is 0 Å². The van der Waals surface area contributed by atoms with E-state index < -0.39 is 5.60 Å². The first-order valence-corrected chi connectivity index (χ1v) is 8.34. The maximum absolute atomic E-state index is 13.1. The Labute approximate surface area is 115 Å². The Balaban J connectivity index is 4.51. The molecule has 0 spiro atoms. The molecule has 0 aliphatic rings. The molecule has 0 aromatic rings. The highest BCUT2D eigenvalue weighted by Gasteiger charge is 2.35. The number of rotatable bonds is 12. The van der Waals surface area contributed by atoms with Crippen molar-refractivity contribution < 1.29 is 5.11 Å². The van der Waals surface area contributed by atoms with Gasteiger partial charge in [0.1, 0.15) is 5.60 Å². The second kappa shape index (κ2) is 10.8. The Morgan fingerprint density at radius 3 is 1.67 bits per heavy atom. The van der Waals surface area contributed by atoms with Gasteiger partial charge < -0.3 is 0 Å². The molecule has 0 saturated carbocycles. The van der Waals surface area contributed by atoms with Crippen LogP contribution in [0.3, 0.4) is 0 Å². The van der Waals surface area contributed by atoms with Gasteiger partial charge in [0.25, 0.3) is 0 Å². The van der Waals surface area contributed by atoms with Crippen LogP contribution in [0.15, 0.2) is 0 Å². The maximum atomic E-state index is 13.1. The molecule has 0 aromatic heterocycles. The monoisotopic (exact) mass is 255 g/mol. The van der Waals surface area contributed by atoms with E-state index in [4.69, 9.17) is 0 Å². The lowest BCUT2D eigenvalue weighted by Gasteiger charge is -2.34. The molecule has 0 bridgehead atoms. The molecule has 0 heterocycles. The predicted molar refractivity (Wildman–Crippen MR) is 80.4 cm³/mol. The molecule has 0 rings (SSSR count). The van der Waals surface area contributed by atoms with E-state index in [1.54, 1.807) is 0 Å². The summed E-state index contributed by atoms with van der Waals surface area (Å²) in [5, 5.41) is 13.1. The summed E-state index contributed by atoms with van der Waals surface area (Å²) in [5.41, 5.74) is -0.633. The van der Waals surface area contributed by atoms with E-state index in [1.807, 2.05) is 0 Å². The van der Waals surface area contributed by atoms with E-state index in [-0.39, 0.29) is 0 Å². The first-order valence-electron chi connectivity index (χ1n) is 8.34. The molecule has 1 radical (unpaired) electrons. The highest BCUT2D eigenvalue weighted by atomic mass is 16.3. The van der Waals surface area contributed by atoms with Gasteiger partial charge in [0.05, 0.1) is 0 Å². The van der Waals surface area contributed by atoms with Crippen LogP contribution in [0.1, 0.15) is 98.3 Å². The molecule has 0 saturated heterocycles. The quantitative estimate of drug-likeness (QED) is 0.373. The van der Waals surface area contributed by atoms with Crippen LogP contribution in [0.25, 0.3) is 0 Å².